The van der Waals surface area contributed by atoms with E-state index in [1.165, 1.54) is 0 Å². The number of benzene rings is 3. The Labute approximate surface area is 282 Å². The van der Waals surface area contributed by atoms with Crippen molar-refractivity contribution in [1.82, 2.24) is 9.88 Å². The molecule has 2 aliphatic heterocycles. The molecule has 3 heterocycles. The van der Waals surface area contributed by atoms with Crippen LogP contribution in [0, 0.1) is 29.6 Å². The van der Waals surface area contributed by atoms with Crippen molar-refractivity contribution >= 4 is 63.2 Å². The van der Waals surface area contributed by atoms with Crippen LogP contribution in [-0.4, -0.2) is 63.7 Å². The van der Waals surface area contributed by atoms with E-state index < -0.39 is 36.2 Å². The highest BCUT2D eigenvalue weighted by Gasteiger charge is 2.69. The van der Waals surface area contributed by atoms with Gasteiger partial charge in [-0.25, -0.2) is 0 Å². The van der Waals surface area contributed by atoms with Crippen LogP contribution < -0.4 is 19.7 Å². The number of aliphatic carboxylic acids is 1. The Kier molecular flexibility index (Phi) is 7.55. The predicted molar refractivity (Wildman–Crippen MR) is 179 cm³/mol. The van der Waals surface area contributed by atoms with Gasteiger partial charge in [0.25, 0.3) is 5.91 Å². The smallest absolute Gasteiger partial charge is 0.323 e. The first-order valence-corrected chi connectivity index (χ1v) is 17.6. The zero-order valence-electron chi connectivity index (χ0n) is 25.7. The quantitative estimate of drug-likeness (QED) is 0.215. The van der Waals surface area contributed by atoms with Crippen molar-refractivity contribution in [2.75, 3.05) is 25.1 Å². The third-order valence-electron chi connectivity index (χ3n) is 10.2. The molecule has 3 aromatic carbocycles. The molecule has 1 aromatic heterocycles. The third-order valence-corrected chi connectivity index (χ3v) is 12.7. The number of nitrogens with zero attached hydrogens (tertiary/aromatic N) is 1. The lowest BCUT2D eigenvalue weighted by molar-refractivity contribution is -0.149. The maximum Gasteiger partial charge on any atom is 0.323 e. The molecule has 0 radical (unpaired) electrons. The zero-order valence-corrected chi connectivity index (χ0v) is 27.3. The van der Waals surface area contributed by atoms with Crippen LogP contribution >= 0.6 is 23.1 Å². The number of anilines is 1. The number of amides is 3. The maximum atomic E-state index is 13.5. The highest BCUT2D eigenvalue weighted by Crippen LogP contribution is 2.68. The number of likely N-dealkylation sites (tertiary alicyclic amines) is 1. The van der Waals surface area contributed by atoms with Crippen LogP contribution in [0.25, 0.3) is 10.8 Å². The van der Waals surface area contributed by atoms with Gasteiger partial charge in [0.15, 0.2) is 18.1 Å². The SMILES string of the molecule is CCOc1cc([C@H]2c3sc(=O)[nH]c3SC3C4CC(C5C(=O)N(CC(=O)O)C(=O)C45)C32)ccc1OCC(=O)Nc1cccc2ccccc12. The highest BCUT2D eigenvalue weighted by atomic mass is 32.2. The number of aromatic amines is 1. The molecule has 6 unspecified atom stereocenters. The Balaban J connectivity index is 1.08. The second-order valence-electron chi connectivity index (χ2n) is 12.6. The molecular formula is C35H31N3O8S2. The lowest BCUT2D eigenvalue weighted by Crippen LogP contribution is -2.42. The number of carboxylic acid groups (broad SMARTS) is 1. The van der Waals surface area contributed by atoms with Crippen molar-refractivity contribution < 1.29 is 33.8 Å². The van der Waals surface area contributed by atoms with Crippen LogP contribution in [0.15, 0.2) is 70.5 Å². The van der Waals surface area contributed by atoms with Gasteiger partial charge >= 0.3 is 10.8 Å². The normalized spacial score (nSPS) is 26.7. The number of H-pyrrole nitrogens is 1. The number of carbonyl (C=O) groups excluding carboxylic acids is 3. The van der Waals surface area contributed by atoms with Crippen LogP contribution in [0.5, 0.6) is 11.5 Å². The Bertz CT molecular complexity index is 2050. The number of carboxylic acids is 1. The van der Waals surface area contributed by atoms with Crippen molar-refractivity contribution in [1.29, 1.82) is 0 Å². The fraction of sp³-hybridized carbons (Fsp3) is 0.343. The van der Waals surface area contributed by atoms with Crippen molar-refractivity contribution in [2.24, 2.45) is 29.6 Å². The summed E-state index contributed by atoms with van der Waals surface area (Å²) in [7, 11) is 0. The Morgan fingerprint density at radius 3 is 2.54 bits per heavy atom. The summed E-state index contributed by atoms with van der Waals surface area (Å²) in [4.78, 5) is 68.5. The standard InChI is InChI=1S/C35H31N3O8S2/c1-2-45-23-12-17(10-11-22(23)46-15-24(39)36-21-9-5-7-16-6-3-4-8-18(16)21)26-27-19-13-20(30(27)47-32-31(26)48-35(44)37-32)29-28(19)33(42)38(34(29)43)14-25(40)41/h3-12,19-20,26-30H,2,13-15H2,1H3,(H,36,39)(H,37,44)(H,40,41)/t19?,20?,26-,27?,28?,29?,30?/m1/s1. The monoisotopic (exact) mass is 685 g/mol. The topological polar surface area (TPSA) is 155 Å². The lowest BCUT2D eigenvalue weighted by atomic mass is 9.68. The van der Waals surface area contributed by atoms with E-state index in [1.807, 2.05) is 61.5 Å². The number of thioether (sulfide) groups is 1. The molecule has 7 atom stereocenters. The highest BCUT2D eigenvalue weighted by molar-refractivity contribution is 8.00. The molecule has 48 heavy (non-hydrogen) atoms. The van der Waals surface area contributed by atoms with Gasteiger partial charge in [-0.05, 0) is 60.2 Å². The molecule has 13 heteroatoms. The molecule has 3 N–H and O–H groups in total. The average Bonchev–Trinajstić information content (AvgIpc) is 3.80. The summed E-state index contributed by atoms with van der Waals surface area (Å²) < 4.78 is 12.0. The van der Waals surface area contributed by atoms with E-state index in [4.69, 9.17) is 9.47 Å². The molecule has 246 valence electrons. The molecule has 2 aliphatic carbocycles. The van der Waals surface area contributed by atoms with Gasteiger partial charge in [0.2, 0.25) is 11.8 Å². The molecule has 4 aromatic rings. The number of rotatable bonds is 9. The largest absolute Gasteiger partial charge is 0.490 e. The second kappa shape index (κ2) is 11.8. The van der Waals surface area contributed by atoms with Gasteiger partial charge in [-0.2, -0.15) is 0 Å². The molecular weight excluding hydrogens is 655 g/mol. The van der Waals surface area contributed by atoms with Gasteiger partial charge in [-0.3, -0.25) is 28.9 Å². The Morgan fingerprint density at radius 2 is 1.75 bits per heavy atom. The van der Waals surface area contributed by atoms with E-state index in [1.54, 1.807) is 17.8 Å². The number of ether oxygens (including phenoxy) is 2. The summed E-state index contributed by atoms with van der Waals surface area (Å²) in [6, 6.07) is 19.1. The summed E-state index contributed by atoms with van der Waals surface area (Å²) in [5.41, 5.74) is 1.57. The van der Waals surface area contributed by atoms with Gasteiger partial charge in [-0.1, -0.05) is 53.8 Å². The summed E-state index contributed by atoms with van der Waals surface area (Å²) in [6.45, 7) is 1.33. The molecule has 8 rings (SSSR count). The third kappa shape index (κ3) is 4.90. The summed E-state index contributed by atoms with van der Waals surface area (Å²) in [6.07, 6.45) is 0.692. The molecule has 1 saturated heterocycles. The fourth-order valence-corrected chi connectivity index (χ4v) is 11.4. The van der Waals surface area contributed by atoms with Gasteiger partial charge in [-0.15, -0.1) is 11.8 Å². The Morgan fingerprint density at radius 1 is 0.979 bits per heavy atom. The summed E-state index contributed by atoms with van der Waals surface area (Å²) in [5, 5.41) is 15.0. The van der Waals surface area contributed by atoms with E-state index in [9.17, 15) is 29.1 Å². The number of carbonyl (C=O) groups is 4. The number of imide groups is 1. The molecule has 3 fully saturated rings. The van der Waals surface area contributed by atoms with Gasteiger partial charge in [0.1, 0.15) is 6.54 Å². The molecule has 0 spiro atoms. The van der Waals surface area contributed by atoms with Gasteiger partial charge in [0, 0.05) is 27.1 Å². The second-order valence-corrected chi connectivity index (χ2v) is 14.8. The minimum absolute atomic E-state index is 0.0373. The maximum absolute atomic E-state index is 13.5. The number of aromatic nitrogens is 1. The lowest BCUT2D eigenvalue weighted by Gasteiger charge is -2.43. The van der Waals surface area contributed by atoms with E-state index in [0.29, 0.717) is 30.2 Å². The minimum atomic E-state index is -1.22. The molecule has 2 saturated carbocycles. The van der Waals surface area contributed by atoms with E-state index in [0.717, 1.165) is 42.5 Å². The Hall–Kier alpha value is -4.62. The molecule has 4 aliphatic rings. The van der Waals surface area contributed by atoms with Crippen LogP contribution in [0.1, 0.15) is 29.7 Å². The molecule has 11 nitrogen and oxygen atoms in total. The average molecular weight is 686 g/mol. The van der Waals surface area contributed by atoms with E-state index in [2.05, 4.69) is 10.3 Å². The summed E-state index contributed by atoms with van der Waals surface area (Å²) in [5.74, 6) is -3.19. The number of hydrogen-bond donors (Lipinski definition) is 3. The predicted octanol–water partition coefficient (Wildman–Crippen LogP) is 4.56. The van der Waals surface area contributed by atoms with Crippen molar-refractivity contribution in [2.45, 2.75) is 29.5 Å². The minimum Gasteiger partial charge on any atom is -0.490 e. The van der Waals surface area contributed by atoms with Crippen molar-refractivity contribution in [3.8, 4) is 11.5 Å². The number of nitrogens with one attached hydrogen (secondary N) is 2. The van der Waals surface area contributed by atoms with Crippen LogP contribution in [0.2, 0.25) is 0 Å². The first kappa shape index (κ1) is 30.7. The van der Waals surface area contributed by atoms with Gasteiger partial charge in [0.05, 0.1) is 23.5 Å². The number of thiazole rings is 1. The van der Waals surface area contributed by atoms with E-state index >= 15 is 0 Å². The number of fused-ring (bicyclic) bond motifs is 10. The van der Waals surface area contributed by atoms with Crippen LogP contribution in [-0.2, 0) is 19.2 Å². The van der Waals surface area contributed by atoms with E-state index in [-0.39, 0.29) is 46.3 Å². The number of hydrogen-bond acceptors (Lipinski definition) is 9. The van der Waals surface area contributed by atoms with Crippen molar-refractivity contribution in [3.63, 3.8) is 0 Å². The first-order valence-electron chi connectivity index (χ1n) is 15.9. The fourth-order valence-electron chi connectivity index (χ4n) is 8.51. The summed E-state index contributed by atoms with van der Waals surface area (Å²) >= 11 is 2.71. The molecule has 3 amide bonds. The zero-order chi connectivity index (χ0) is 33.3. The molecule has 2 bridgehead atoms. The van der Waals surface area contributed by atoms with Crippen molar-refractivity contribution in [3.05, 3.63) is 80.8 Å². The van der Waals surface area contributed by atoms with Gasteiger partial charge < -0.3 is 24.9 Å². The van der Waals surface area contributed by atoms with Crippen LogP contribution in [0.3, 0.4) is 0 Å². The van der Waals surface area contributed by atoms with Crippen LogP contribution in [0.4, 0.5) is 5.69 Å². The first-order chi connectivity index (χ1) is 23.2.